The molecule has 4 unspecified atom stereocenters. The molecule has 8 nitrogen and oxygen atoms in total. The lowest BCUT2D eigenvalue weighted by atomic mass is 9.83. The Labute approximate surface area is 211 Å². The van der Waals surface area contributed by atoms with Crippen molar-refractivity contribution in [3.8, 4) is 5.75 Å². The summed E-state index contributed by atoms with van der Waals surface area (Å²) in [7, 11) is 1.54. The van der Waals surface area contributed by atoms with Crippen LogP contribution in [0.2, 0.25) is 0 Å². The topological polar surface area (TPSA) is 93.2 Å². The van der Waals surface area contributed by atoms with Crippen LogP contribution in [0.4, 0.5) is 5.69 Å². The third kappa shape index (κ3) is 4.36. The second kappa shape index (κ2) is 10.5. The summed E-state index contributed by atoms with van der Waals surface area (Å²) in [6.45, 7) is 5.84. The summed E-state index contributed by atoms with van der Waals surface area (Å²) < 4.78 is 10.6. The van der Waals surface area contributed by atoms with Crippen LogP contribution in [0.3, 0.4) is 0 Å². The first-order chi connectivity index (χ1) is 17.3. The minimum atomic E-state index is -0.770. The van der Waals surface area contributed by atoms with Crippen molar-refractivity contribution < 1.29 is 28.7 Å². The minimum absolute atomic E-state index is 0.0694. The number of amides is 3. The monoisotopic (exact) mass is 492 g/mol. The number of rotatable bonds is 8. The Hall–Kier alpha value is -3.68. The lowest BCUT2D eigenvalue weighted by Gasteiger charge is -2.36. The van der Waals surface area contributed by atoms with Gasteiger partial charge in [-0.05, 0) is 31.0 Å². The summed E-state index contributed by atoms with van der Waals surface area (Å²) in [5.41, 5.74) is 1.18. The fourth-order valence-corrected chi connectivity index (χ4v) is 5.65. The number of esters is 1. The van der Waals surface area contributed by atoms with Gasteiger partial charge in [-0.15, -0.1) is 0 Å². The number of ether oxygens (including phenoxy) is 2. The first-order valence-corrected chi connectivity index (χ1v) is 12.3. The number of likely N-dealkylation sites (tertiary alicyclic amines) is 1. The molecule has 0 aliphatic carbocycles. The number of carbonyl (C=O) groups excluding carboxylic acids is 4. The van der Waals surface area contributed by atoms with Crippen molar-refractivity contribution in [1.82, 2.24) is 4.90 Å². The van der Waals surface area contributed by atoms with Gasteiger partial charge < -0.3 is 14.4 Å². The predicted octanol–water partition coefficient (Wildman–Crippen LogP) is 3.75. The highest BCUT2D eigenvalue weighted by atomic mass is 16.5. The highest BCUT2D eigenvalue weighted by Gasteiger charge is 2.64. The van der Waals surface area contributed by atoms with Crippen molar-refractivity contribution in [2.75, 3.05) is 18.6 Å². The third-order valence-corrected chi connectivity index (χ3v) is 7.02. The van der Waals surface area contributed by atoms with Crippen molar-refractivity contribution in [3.05, 3.63) is 60.2 Å². The maximum atomic E-state index is 13.9. The molecule has 0 aromatic heterocycles. The molecule has 2 aliphatic heterocycles. The number of benzene rings is 2. The van der Waals surface area contributed by atoms with Crippen LogP contribution in [0.5, 0.6) is 5.75 Å². The highest BCUT2D eigenvalue weighted by molar-refractivity contribution is 6.23. The van der Waals surface area contributed by atoms with Crippen LogP contribution in [-0.2, 0) is 23.9 Å². The largest absolute Gasteiger partial charge is 0.496 e. The van der Waals surface area contributed by atoms with E-state index in [1.807, 2.05) is 38.1 Å². The van der Waals surface area contributed by atoms with Crippen LogP contribution in [-0.4, -0.2) is 48.3 Å². The smallest absolute Gasteiger partial charge is 0.306 e. The van der Waals surface area contributed by atoms with Gasteiger partial charge in [-0.25, -0.2) is 4.90 Å². The maximum Gasteiger partial charge on any atom is 0.306 e. The maximum absolute atomic E-state index is 13.9. The molecule has 2 saturated heterocycles. The number of imide groups is 1. The molecule has 190 valence electrons. The van der Waals surface area contributed by atoms with E-state index in [1.54, 1.807) is 42.2 Å². The van der Waals surface area contributed by atoms with Gasteiger partial charge in [-0.3, -0.25) is 19.2 Å². The summed E-state index contributed by atoms with van der Waals surface area (Å²) in [5, 5.41) is 0. The average Bonchev–Trinajstić information content (AvgIpc) is 3.36. The average molecular weight is 493 g/mol. The fourth-order valence-electron chi connectivity index (χ4n) is 5.65. The molecule has 4 atom stereocenters. The van der Waals surface area contributed by atoms with Crippen molar-refractivity contribution in [1.29, 1.82) is 0 Å². The van der Waals surface area contributed by atoms with Gasteiger partial charge in [0.15, 0.2) is 0 Å². The van der Waals surface area contributed by atoms with Gasteiger partial charge in [0.1, 0.15) is 5.75 Å². The summed E-state index contributed by atoms with van der Waals surface area (Å²) in [5.74, 6) is -2.45. The lowest BCUT2D eigenvalue weighted by molar-refractivity contribution is -0.147. The highest BCUT2D eigenvalue weighted by Crippen LogP contribution is 2.54. The number of methoxy groups -OCH3 is 1. The van der Waals surface area contributed by atoms with E-state index in [-0.39, 0.29) is 43.1 Å². The normalized spacial score (nSPS) is 23.2. The van der Waals surface area contributed by atoms with E-state index < -0.39 is 29.9 Å². The van der Waals surface area contributed by atoms with Gasteiger partial charge in [0.25, 0.3) is 0 Å². The lowest BCUT2D eigenvalue weighted by Crippen LogP contribution is -2.47. The van der Waals surface area contributed by atoms with E-state index >= 15 is 0 Å². The number of anilines is 1. The van der Waals surface area contributed by atoms with Gasteiger partial charge in [0.05, 0.1) is 43.7 Å². The van der Waals surface area contributed by atoms with Crippen molar-refractivity contribution in [2.24, 2.45) is 17.8 Å². The summed E-state index contributed by atoms with van der Waals surface area (Å²) in [6, 6.07) is 14.9. The fraction of sp³-hybridized carbons (Fsp3) is 0.429. The Morgan fingerprint density at radius 1 is 0.917 bits per heavy atom. The molecule has 3 amide bonds. The number of hydrogen-bond donors (Lipinski definition) is 0. The molecule has 0 spiro atoms. The summed E-state index contributed by atoms with van der Waals surface area (Å²) in [4.78, 5) is 56.4. The Balaban J connectivity index is 1.81. The van der Waals surface area contributed by atoms with Crippen molar-refractivity contribution >= 4 is 29.4 Å². The third-order valence-electron chi connectivity index (χ3n) is 7.02. The molecule has 2 heterocycles. The van der Waals surface area contributed by atoms with E-state index in [0.717, 1.165) is 0 Å². The van der Waals surface area contributed by atoms with Crippen molar-refractivity contribution in [3.63, 3.8) is 0 Å². The molecule has 36 heavy (non-hydrogen) atoms. The zero-order valence-corrected chi connectivity index (χ0v) is 21.0. The van der Waals surface area contributed by atoms with Crippen LogP contribution in [0, 0.1) is 17.8 Å². The van der Waals surface area contributed by atoms with Gasteiger partial charge in [0.2, 0.25) is 17.7 Å². The van der Waals surface area contributed by atoms with E-state index in [0.29, 0.717) is 17.0 Å². The van der Waals surface area contributed by atoms with Gasteiger partial charge in [0, 0.05) is 18.0 Å². The molecule has 0 radical (unpaired) electrons. The first-order valence-electron chi connectivity index (χ1n) is 12.3. The van der Waals surface area contributed by atoms with Crippen molar-refractivity contribution in [2.45, 2.75) is 45.7 Å². The second-order valence-electron chi connectivity index (χ2n) is 9.43. The SMILES string of the molecule is CCOC(=O)CCC(=O)N1C(c2ccccc2OC)C2C(=O)N(c3ccccc3)C(=O)C2C1C(C)C. The number of carbonyl (C=O) groups is 4. The first kappa shape index (κ1) is 25.4. The molecule has 2 aromatic carbocycles. The summed E-state index contributed by atoms with van der Waals surface area (Å²) >= 11 is 0. The second-order valence-corrected chi connectivity index (χ2v) is 9.43. The molecule has 0 N–H and O–H groups in total. The van der Waals surface area contributed by atoms with Crippen LogP contribution in [0.15, 0.2) is 54.6 Å². The molecule has 4 rings (SSSR count). The standard InChI is InChI=1S/C28H32N2O6/c1-5-36-22(32)16-15-21(31)30-25(17(2)3)23-24(26(30)19-13-9-10-14-20(19)35-4)28(34)29(27(23)33)18-11-7-6-8-12-18/h6-14,17,23-26H,5,15-16H2,1-4H3. The van der Waals surface area contributed by atoms with Crippen LogP contribution >= 0.6 is 0 Å². The molecule has 0 saturated carbocycles. The minimum Gasteiger partial charge on any atom is -0.496 e. The van der Waals surface area contributed by atoms with E-state index in [2.05, 4.69) is 0 Å². The zero-order valence-electron chi connectivity index (χ0n) is 21.0. The molecule has 2 aliphatic rings. The molecule has 8 heteroatoms. The Morgan fingerprint density at radius 3 is 2.19 bits per heavy atom. The molecular weight excluding hydrogens is 460 g/mol. The Morgan fingerprint density at radius 2 is 1.56 bits per heavy atom. The van der Waals surface area contributed by atoms with E-state index in [1.165, 1.54) is 12.0 Å². The van der Waals surface area contributed by atoms with Gasteiger partial charge >= 0.3 is 5.97 Å². The van der Waals surface area contributed by atoms with E-state index in [4.69, 9.17) is 9.47 Å². The molecular formula is C28H32N2O6. The molecule has 2 aromatic rings. The Bertz CT molecular complexity index is 1150. The number of para-hydroxylation sites is 2. The van der Waals surface area contributed by atoms with Gasteiger partial charge in [-0.2, -0.15) is 0 Å². The zero-order chi connectivity index (χ0) is 26.0. The Kier molecular flexibility index (Phi) is 7.43. The number of nitrogens with zero attached hydrogens (tertiary/aromatic N) is 2. The summed E-state index contributed by atoms with van der Waals surface area (Å²) in [6.07, 6.45) is -0.141. The quantitative estimate of drug-likeness (QED) is 0.412. The van der Waals surface area contributed by atoms with Crippen LogP contribution < -0.4 is 9.64 Å². The number of fused-ring (bicyclic) bond motifs is 1. The number of hydrogen-bond acceptors (Lipinski definition) is 6. The molecule has 2 fully saturated rings. The predicted molar refractivity (Wildman–Crippen MR) is 133 cm³/mol. The van der Waals surface area contributed by atoms with Crippen LogP contribution in [0.25, 0.3) is 0 Å². The van der Waals surface area contributed by atoms with E-state index in [9.17, 15) is 19.2 Å². The van der Waals surface area contributed by atoms with Crippen LogP contribution in [0.1, 0.15) is 45.2 Å². The van der Waals surface area contributed by atoms with Gasteiger partial charge in [-0.1, -0.05) is 50.2 Å². The molecule has 0 bridgehead atoms.